The second kappa shape index (κ2) is 6.75. The number of hydrogen-bond acceptors (Lipinski definition) is 3. The third-order valence-corrected chi connectivity index (χ3v) is 2.66. The SMILES string of the molecule is CCc1ccc(NC(=O)NC(C(=O)O)C(C)O)cc1. The van der Waals surface area contributed by atoms with Crippen molar-refractivity contribution in [2.45, 2.75) is 32.4 Å². The van der Waals surface area contributed by atoms with Gasteiger partial charge in [0.25, 0.3) is 0 Å². The zero-order valence-electron chi connectivity index (χ0n) is 10.9. The van der Waals surface area contributed by atoms with Crippen molar-refractivity contribution in [3.05, 3.63) is 29.8 Å². The van der Waals surface area contributed by atoms with Crippen molar-refractivity contribution in [2.24, 2.45) is 0 Å². The Bertz CT molecular complexity index is 442. The fraction of sp³-hybridized carbons (Fsp3) is 0.385. The molecule has 0 aromatic heterocycles. The van der Waals surface area contributed by atoms with Crippen molar-refractivity contribution in [3.8, 4) is 0 Å². The monoisotopic (exact) mass is 266 g/mol. The maximum Gasteiger partial charge on any atom is 0.328 e. The first-order chi connectivity index (χ1) is 8.93. The van der Waals surface area contributed by atoms with E-state index in [0.29, 0.717) is 5.69 Å². The summed E-state index contributed by atoms with van der Waals surface area (Å²) >= 11 is 0. The molecule has 104 valence electrons. The lowest BCUT2D eigenvalue weighted by molar-refractivity contribution is -0.141. The number of urea groups is 1. The van der Waals surface area contributed by atoms with Gasteiger partial charge in [0.05, 0.1) is 6.10 Å². The minimum absolute atomic E-state index is 0.560. The van der Waals surface area contributed by atoms with Gasteiger partial charge in [-0.05, 0) is 31.0 Å². The summed E-state index contributed by atoms with van der Waals surface area (Å²) in [5.74, 6) is -1.29. The van der Waals surface area contributed by atoms with Crippen LogP contribution >= 0.6 is 0 Å². The van der Waals surface area contributed by atoms with Gasteiger partial charge in [0, 0.05) is 5.69 Å². The molecule has 1 aromatic carbocycles. The Morgan fingerprint density at radius 3 is 2.26 bits per heavy atom. The summed E-state index contributed by atoms with van der Waals surface area (Å²) in [5.41, 5.74) is 1.70. The smallest absolute Gasteiger partial charge is 0.328 e. The average molecular weight is 266 g/mol. The summed E-state index contributed by atoms with van der Waals surface area (Å²) in [7, 11) is 0. The summed E-state index contributed by atoms with van der Waals surface area (Å²) in [6, 6.07) is 5.21. The highest BCUT2D eigenvalue weighted by molar-refractivity contribution is 5.92. The molecule has 0 aliphatic carbocycles. The molecule has 2 unspecified atom stereocenters. The number of nitrogens with one attached hydrogen (secondary N) is 2. The van der Waals surface area contributed by atoms with Gasteiger partial charge in [0.15, 0.2) is 6.04 Å². The molecule has 0 fully saturated rings. The van der Waals surface area contributed by atoms with Crippen LogP contribution in [0.2, 0.25) is 0 Å². The van der Waals surface area contributed by atoms with Crippen molar-refractivity contribution in [1.29, 1.82) is 0 Å². The van der Waals surface area contributed by atoms with Gasteiger partial charge in [0.2, 0.25) is 0 Å². The highest BCUT2D eigenvalue weighted by atomic mass is 16.4. The number of aliphatic hydroxyl groups is 1. The quantitative estimate of drug-likeness (QED) is 0.643. The minimum Gasteiger partial charge on any atom is -0.480 e. The van der Waals surface area contributed by atoms with E-state index in [9.17, 15) is 14.7 Å². The Kier molecular flexibility index (Phi) is 5.32. The van der Waals surface area contributed by atoms with Gasteiger partial charge < -0.3 is 20.8 Å². The number of aliphatic hydroxyl groups excluding tert-OH is 1. The van der Waals surface area contributed by atoms with Gasteiger partial charge in [-0.1, -0.05) is 19.1 Å². The molecule has 1 aromatic rings. The van der Waals surface area contributed by atoms with Crippen LogP contribution in [0.25, 0.3) is 0 Å². The molecule has 0 heterocycles. The number of aryl methyl sites for hydroxylation is 1. The van der Waals surface area contributed by atoms with Gasteiger partial charge in [-0.3, -0.25) is 0 Å². The van der Waals surface area contributed by atoms with Gasteiger partial charge in [-0.15, -0.1) is 0 Å². The molecular formula is C13H18N2O4. The van der Waals surface area contributed by atoms with Crippen molar-refractivity contribution in [2.75, 3.05) is 5.32 Å². The van der Waals surface area contributed by atoms with E-state index in [1.165, 1.54) is 6.92 Å². The van der Waals surface area contributed by atoms with Crippen LogP contribution in [0.5, 0.6) is 0 Å². The zero-order chi connectivity index (χ0) is 14.4. The van der Waals surface area contributed by atoms with E-state index in [0.717, 1.165) is 12.0 Å². The predicted molar refractivity (Wildman–Crippen MR) is 71.1 cm³/mol. The van der Waals surface area contributed by atoms with E-state index in [1.54, 1.807) is 12.1 Å². The second-order valence-electron chi connectivity index (χ2n) is 4.21. The normalized spacial score (nSPS) is 13.4. The molecule has 6 nitrogen and oxygen atoms in total. The van der Waals surface area contributed by atoms with Crippen molar-refractivity contribution < 1.29 is 19.8 Å². The van der Waals surface area contributed by atoms with Crippen molar-refractivity contribution >= 4 is 17.7 Å². The number of anilines is 1. The molecule has 0 saturated heterocycles. The van der Waals surface area contributed by atoms with Crippen LogP contribution in [-0.2, 0) is 11.2 Å². The fourth-order valence-corrected chi connectivity index (χ4v) is 1.52. The molecule has 0 radical (unpaired) electrons. The predicted octanol–water partition coefficient (Wildman–Crippen LogP) is 1.20. The zero-order valence-corrected chi connectivity index (χ0v) is 10.9. The van der Waals surface area contributed by atoms with Gasteiger partial charge >= 0.3 is 12.0 Å². The Balaban J connectivity index is 2.61. The molecule has 2 amide bonds. The standard InChI is InChI=1S/C13H18N2O4/c1-3-9-4-6-10(7-5-9)14-13(19)15-11(8(2)16)12(17)18/h4-8,11,16H,3H2,1-2H3,(H,17,18)(H2,14,15,19). The molecule has 0 saturated carbocycles. The maximum absolute atomic E-state index is 11.6. The lowest BCUT2D eigenvalue weighted by Gasteiger charge is -2.17. The summed E-state index contributed by atoms with van der Waals surface area (Å²) < 4.78 is 0. The molecule has 1 rings (SSSR count). The van der Waals surface area contributed by atoms with Crippen LogP contribution in [-0.4, -0.2) is 34.4 Å². The highest BCUT2D eigenvalue weighted by Gasteiger charge is 2.24. The first kappa shape index (κ1) is 15.0. The van der Waals surface area contributed by atoms with E-state index < -0.39 is 24.1 Å². The first-order valence-electron chi connectivity index (χ1n) is 6.01. The molecule has 0 spiro atoms. The van der Waals surface area contributed by atoms with Crippen LogP contribution in [0, 0.1) is 0 Å². The highest BCUT2D eigenvalue weighted by Crippen LogP contribution is 2.09. The topological polar surface area (TPSA) is 98.7 Å². The summed E-state index contributed by atoms with van der Waals surface area (Å²) in [4.78, 5) is 22.4. The average Bonchev–Trinajstić information content (AvgIpc) is 2.36. The fourth-order valence-electron chi connectivity index (χ4n) is 1.52. The number of rotatable bonds is 5. The molecule has 4 N–H and O–H groups in total. The Labute approximate surface area is 111 Å². The Morgan fingerprint density at radius 2 is 1.84 bits per heavy atom. The van der Waals surface area contributed by atoms with Crippen LogP contribution in [0.15, 0.2) is 24.3 Å². The minimum atomic E-state index is -1.34. The first-order valence-corrected chi connectivity index (χ1v) is 6.01. The molecule has 0 aliphatic heterocycles. The molecule has 2 atom stereocenters. The molecule has 0 bridgehead atoms. The van der Waals surface area contributed by atoms with E-state index in [4.69, 9.17) is 5.11 Å². The second-order valence-corrected chi connectivity index (χ2v) is 4.21. The van der Waals surface area contributed by atoms with Crippen molar-refractivity contribution in [3.63, 3.8) is 0 Å². The largest absolute Gasteiger partial charge is 0.480 e. The van der Waals surface area contributed by atoms with Gasteiger partial charge in [-0.25, -0.2) is 9.59 Å². The molecule has 6 heteroatoms. The number of carboxylic acids is 1. The number of carbonyl (C=O) groups excluding carboxylic acids is 1. The lowest BCUT2D eigenvalue weighted by Crippen LogP contribution is -2.49. The number of benzene rings is 1. The molecular weight excluding hydrogens is 248 g/mol. The van der Waals surface area contributed by atoms with Crippen molar-refractivity contribution in [1.82, 2.24) is 5.32 Å². The maximum atomic E-state index is 11.6. The van der Waals surface area contributed by atoms with Gasteiger partial charge in [-0.2, -0.15) is 0 Å². The number of carboxylic acid groups (broad SMARTS) is 1. The number of carbonyl (C=O) groups is 2. The molecule has 0 aliphatic rings. The lowest BCUT2D eigenvalue weighted by atomic mass is 10.1. The Morgan fingerprint density at radius 1 is 1.26 bits per heavy atom. The molecule has 19 heavy (non-hydrogen) atoms. The van der Waals surface area contributed by atoms with E-state index >= 15 is 0 Å². The summed E-state index contributed by atoms with van der Waals surface area (Å²) in [5, 5.41) is 22.8. The van der Waals surface area contributed by atoms with Crippen LogP contribution in [0.4, 0.5) is 10.5 Å². The van der Waals surface area contributed by atoms with E-state index in [1.807, 2.05) is 19.1 Å². The number of amides is 2. The summed E-state index contributed by atoms with van der Waals surface area (Å²) in [6.45, 7) is 3.32. The number of aliphatic carboxylic acids is 1. The van der Waals surface area contributed by atoms with Crippen LogP contribution < -0.4 is 10.6 Å². The number of hydrogen-bond donors (Lipinski definition) is 4. The third kappa shape index (κ3) is 4.59. The van der Waals surface area contributed by atoms with E-state index in [2.05, 4.69) is 10.6 Å². The van der Waals surface area contributed by atoms with Gasteiger partial charge in [0.1, 0.15) is 0 Å². The van der Waals surface area contributed by atoms with Crippen LogP contribution in [0.3, 0.4) is 0 Å². The summed E-state index contributed by atoms with van der Waals surface area (Å²) in [6.07, 6.45) is -0.277. The van der Waals surface area contributed by atoms with Crippen LogP contribution in [0.1, 0.15) is 19.4 Å². The third-order valence-electron chi connectivity index (χ3n) is 2.66. The Hall–Kier alpha value is -2.08. The van der Waals surface area contributed by atoms with E-state index in [-0.39, 0.29) is 0 Å².